The average molecular weight is 262 g/mol. The van der Waals surface area contributed by atoms with Crippen molar-refractivity contribution < 1.29 is 9.53 Å². The first-order chi connectivity index (χ1) is 9.20. The number of amides is 1. The molecule has 1 saturated carbocycles. The van der Waals surface area contributed by atoms with E-state index in [2.05, 4.69) is 5.32 Å². The molecule has 1 fully saturated rings. The van der Waals surface area contributed by atoms with Crippen LogP contribution < -0.4 is 11.1 Å². The summed E-state index contributed by atoms with van der Waals surface area (Å²) in [7, 11) is 1.99. The van der Waals surface area contributed by atoms with Crippen molar-refractivity contribution in [3.8, 4) is 0 Å². The van der Waals surface area contributed by atoms with Gasteiger partial charge >= 0.3 is 0 Å². The Labute approximate surface area is 114 Å². The summed E-state index contributed by atoms with van der Waals surface area (Å²) in [5.41, 5.74) is 6.82. The lowest BCUT2D eigenvalue weighted by Crippen LogP contribution is -2.41. The van der Waals surface area contributed by atoms with E-state index in [0.717, 1.165) is 12.0 Å². The van der Waals surface area contributed by atoms with Gasteiger partial charge in [-0.1, -0.05) is 25.0 Å². The van der Waals surface area contributed by atoms with Gasteiger partial charge in [0.1, 0.15) is 0 Å². The molecule has 4 nitrogen and oxygen atoms in total. The van der Waals surface area contributed by atoms with E-state index in [9.17, 15) is 4.79 Å². The van der Waals surface area contributed by atoms with Crippen LogP contribution in [0.3, 0.4) is 0 Å². The lowest BCUT2D eigenvalue weighted by atomic mass is 9.92. The van der Waals surface area contributed by atoms with E-state index in [4.69, 9.17) is 10.5 Å². The van der Waals surface area contributed by atoms with Gasteiger partial charge in [-0.25, -0.2) is 0 Å². The van der Waals surface area contributed by atoms with Crippen LogP contribution in [0.1, 0.15) is 41.6 Å². The van der Waals surface area contributed by atoms with Crippen molar-refractivity contribution in [1.29, 1.82) is 0 Å². The predicted octanol–water partition coefficient (Wildman–Crippen LogP) is 1.83. The molecule has 2 rings (SSSR count). The zero-order valence-corrected chi connectivity index (χ0v) is 11.4. The predicted molar refractivity (Wildman–Crippen MR) is 74.9 cm³/mol. The minimum Gasteiger partial charge on any atom is -0.372 e. The molecule has 1 aliphatic rings. The fourth-order valence-corrected chi connectivity index (χ4v) is 2.60. The molecule has 0 spiro atoms. The van der Waals surface area contributed by atoms with Crippen LogP contribution in [0.5, 0.6) is 0 Å². The maximum Gasteiger partial charge on any atom is 0.248 e. The minimum atomic E-state index is -0.394. The molecule has 3 N–H and O–H groups in total. The third kappa shape index (κ3) is 3.78. The molecule has 0 heterocycles. The Morgan fingerprint density at radius 3 is 2.63 bits per heavy atom. The highest BCUT2D eigenvalue weighted by Crippen LogP contribution is 2.22. The quantitative estimate of drug-likeness (QED) is 0.851. The van der Waals surface area contributed by atoms with Gasteiger partial charge in [0.15, 0.2) is 0 Å². The molecule has 4 heteroatoms. The number of nitrogens with one attached hydrogen (secondary N) is 1. The van der Waals surface area contributed by atoms with Crippen LogP contribution in [0.4, 0.5) is 0 Å². The lowest BCUT2D eigenvalue weighted by Gasteiger charge is -2.31. The molecule has 2 unspecified atom stereocenters. The normalized spacial score (nSPS) is 23.2. The molecule has 104 valence electrons. The van der Waals surface area contributed by atoms with Gasteiger partial charge in [-0.05, 0) is 37.6 Å². The fourth-order valence-electron chi connectivity index (χ4n) is 2.60. The highest BCUT2D eigenvalue weighted by molar-refractivity contribution is 5.92. The molecular weight excluding hydrogens is 240 g/mol. The van der Waals surface area contributed by atoms with Gasteiger partial charge in [0, 0.05) is 11.6 Å². The van der Waals surface area contributed by atoms with Gasteiger partial charge in [0.2, 0.25) is 5.91 Å². The van der Waals surface area contributed by atoms with E-state index in [0.29, 0.717) is 18.2 Å². The number of hydrogen-bond donors (Lipinski definition) is 2. The topological polar surface area (TPSA) is 64.3 Å². The number of likely N-dealkylation sites (N-methyl/N-ethyl adjacent to an activating group) is 1. The fraction of sp³-hybridized carbons (Fsp3) is 0.533. The second-order valence-electron chi connectivity index (χ2n) is 5.09. The largest absolute Gasteiger partial charge is 0.372 e. The van der Waals surface area contributed by atoms with Crippen LogP contribution in [-0.2, 0) is 11.3 Å². The maximum atomic E-state index is 11.0. The van der Waals surface area contributed by atoms with Crippen LogP contribution in [0.25, 0.3) is 0 Å². The molecule has 1 aromatic rings. The van der Waals surface area contributed by atoms with E-state index in [1.165, 1.54) is 19.3 Å². The molecule has 0 saturated heterocycles. The number of carbonyl (C=O) groups is 1. The number of rotatable bonds is 5. The Morgan fingerprint density at radius 2 is 2.00 bits per heavy atom. The second kappa shape index (κ2) is 6.68. The van der Waals surface area contributed by atoms with Crippen molar-refractivity contribution in [1.82, 2.24) is 5.32 Å². The van der Waals surface area contributed by atoms with Crippen LogP contribution in [0, 0.1) is 0 Å². The molecular formula is C15H22N2O2. The zero-order valence-electron chi connectivity index (χ0n) is 11.4. The first kappa shape index (κ1) is 14.0. The summed E-state index contributed by atoms with van der Waals surface area (Å²) >= 11 is 0. The van der Waals surface area contributed by atoms with Crippen molar-refractivity contribution in [3.63, 3.8) is 0 Å². The molecule has 0 bridgehead atoms. The second-order valence-corrected chi connectivity index (χ2v) is 5.09. The van der Waals surface area contributed by atoms with E-state index in [1.54, 1.807) is 12.1 Å². The Balaban J connectivity index is 1.88. The number of ether oxygens (including phenoxy) is 1. The van der Waals surface area contributed by atoms with Crippen LogP contribution in [-0.4, -0.2) is 25.1 Å². The third-order valence-corrected chi connectivity index (χ3v) is 3.78. The van der Waals surface area contributed by atoms with Crippen molar-refractivity contribution in [2.75, 3.05) is 7.05 Å². The molecule has 2 atom stereocenters. The molecule has 1 aromatic carbocycles. The van der Waals surface area contributed by atoms with Crippen molar-refractivity contribution in [2.24, 2.45) is 5.73 Å². The van der Waals surface area contributed by atoms with Crippen molar-refractivity contribution >= 4 is 5.91 Å². The smallest absolute Gasteiger partial charge is 0.248 e. The SMILES string of the molecule is CNC1CCCCC1OCc1ccc(C(N)=O)cc1. The third-order valence-electron chi connectivity index (χ3n) is 3.78. The molecule has 0 aromatic heterocycles. The molecule has 19 heavy (non-hydrogen) atoms. The van der Waals surface area contributed by atoms with Crippen LogP contribution >= 0.6 is 0 Å². The lowest BCUT2D eigenvalue weighted by molar-refractivity contribution is -0.00361. The number of hydrogen-bond acceptors (Lipinski definition) is 3. The van der Waals surface area contributed by atoms with Crippen molar-refractivity contribution in [2.45, 2.75) is 44.4 Å². The van der Waals surface area contributed by atoms with Gasteiger partial charge in [0.05, 0.1) is 12.7 Å². The molecule has 1 aliphatic carbocycles. The van der Waals surface area contributed by atoms with Gasteiger partial charge < -0.3 is 15.8 Å². The first-order valence-electron chi connectivity index (χ1n) is 6.88. The summed E-state index contributed by atoms with van der Waals surface area (Å²) in [6.45, 7) is 0.585. The number of primary amides is 1. The summed E-state index contributed by atoms with van der Waals surface area (Å²) < 4.78 is 5.99. The Hall–Kier alpha value is -1.39. The van der Waals surface area contributed by atoms with E-state index >= 15 is 0 Å². The molecule has 0 radical (unpaired) electrons. The molecule has 0 aliphatic heterocycles. The highest BCUT2D eigenvalue weighted by Gasteiger charge is 2.24. The zero-order chi connectivity index (χ0) is 13.7. The Kier molecular flexibility index (Phi) is 4.93. The molecule has 1 amide bonds. The Bertz CT molecular complexity index is 417. The van der Waals surface area contributed by atoms with E-state index in [1.807, 2.05) is 19.2 Å². The maximum absolute atomic E-state index is 11.0. The van der Waals surface area contributed by atoms with Gasteiger partial charge in [-0.3, -0.25) is 4.79 Å². The number of benzene rings is 1. The summed E-state index contributed by atoms with van der Waals surface area (Å²) in [4.78, 5) is 11.0. The number of carbonyl (C=O) groups excluding carboxylic acids is 1. The van der Waals surface area contributed by atoms with E-state index < -0.39 is 5.91 Å². The van der Waals surface area contributed by atoms with Gasteiger partial charge in [-0.15, -0.1) is 0 Å². The van der Waals surface area contributed by atoms with Crippen LogP contribution in [0.2, 0.25) is 0 Å². The average Bonchev–Trinajstić information content (AvgIpc) is 2.45. The summed E-state index contributed by atoms with van der Waals surface area (Å²) in [6, 6.07) is 7.75. The Morgan fingerprint density at radius 1 is 1.32 bits per heavy atom. The van der Waals surface area contributed by atoms with Gasteiger partial charge in [-0.2, -0.15) is 0 Å². The van der Waals surface area contributed by atoms with Crippen LogP contribution in [0.15, 0.2) is 24.3 Å². The summed E-state index contributed by atoms with van der Waals surface area (Å²) in [6.07, 6.45) is 5.10. The summed E-state index contributed by atoms with van der Waals surface area (Å²) in [5.74, 6) is -0.394. The minimum absolute atomic E-state index is 0.287. The summed E-state index contributed by atoms with van der Waals surface area (Å²) in [5, 5.41) is 3.33. The number of nitrogens with two attached hydrogens (primary N) is 1. The first-order valence-corrected chi connectivity index (χ1v) is 6.88. The highest BCUT2D eigenvalue weighted by atomic mass is 16.5. The van der Waals surface area contributed by atoms with Gasteiger partial charge in [0.25, 0.3) is 0 Å². The van der Waals surface area contributed by atoms with Crippen molar-refractivity contribution in [3.05, 3.63) is 35.4 Å². The van der Waals surface area contributed by atoms with E-state index in [-0.39, 0.29) is 6.10 Å². The monoisotopic (exact) mass is 262 g/mol. The standard InChI is InChI=1S/C15H22N2O2/c1-17-13-4-2-3-5-14(13)19-10-11-6-8-12(9-7-11)15(16)18/h6-9,13-14,17H,2-5,10H2,1H3,(H2,16,18).